The van der Waals surface area contributed by atoms with Crippen molar-refractivity contribution in [1.29, 1.82) is 0 Å². The average Bonchev–Trinajstić information content (AvgIpc) is 3.04. The lowest BCUT2D eigenvalue weighted by molar-refractivity contribution is 0.154. The molecule has 1 aliphatic heterocycles. The van der Waals surface area contributed by atoms with Gasteiger partial charge in [-0.05, 0) is 31.2 Å². The summed E-state index contributed by atoms with van der Waals surface area (Å²) in [5, 5.41) is 10.4. The van der Waals surface area contributed by atoms with Crippen molar-refractivity contribution in [2.75, 3.05) is 18.1 Å². The molecule has 0 saturated heterocycles. The monoisotopic (exact) mass is 371 g/mol. The van der Waals surface area contributed by atoms with Crippen molar-refractivity contribution in [2.45, 2.75) is 19.6 Å². The van der Waals surface area contributed by atoms with E-state index in [1.165, 1.54) is 11.6 Å². The van der Waals surface area contributed by atoms with Crippen LogP contribution in [0.15, 0.2) is 33.9 Å². The highest BCUT2D eigenvalue weighted by molar-refractivity contribution is 5.77. The van der Waals surface area contributed by atoms with Crippen LogP contribution in [0, 0.1) is 0 Å². The SMILES string of the molecule is CCOc1ccc(N2CC(O)Cn3c2nc2c3c(=O)n(C)c(=O)n2C)cc1. The Bertz CT molecular complexity index is 1130. The van der Waals surface area contributed by atoms with E-state index in [-0.39, 0.29) is 6.54 Å². The number of ether oxygens (including phenoxy) is 1. The van der Waals surface area contributed by atoms with Crippen LogP contribution in [0.2, 0.25) is 0 Å². The molecule has 1 N–H and O–H groups in total. The zero-order valence-electron chi connectivity index (χ0n) is 15.4. The van der Waals surface area contributed by atoms with Crippen molar-refractivity contribution in [3.8, 4) is 5.75 Å². The fourth-order valence-corrected chi connectivity index (χ4v) is 3.48. The minimum atomic E-state index is -0.677. The maximum absolute atomic E-state index is 12.7. The van der Waals surface area contributed by atoms with Gasteiger partial charge in [-0.2, -0.15) is 4.98 Å². The molecular formula is C18H21N5O4. The van der Waals surface area contributed by atoms with Crippen LogP contribution < -0.4 is 20.9 Å². The number of imidazole rings is 1. The predicted molar refractivity (Wildman–Crippen MR) is 101 cm³/mol. The Kier molecular flexibility index (Phi) is 4.03. The first-order valence-electron chi connectivity index (χ1n) is 8.77. The molecule has 0 spiro atoms. The van der Waals surface area contributed by atoms with Gasteiger partial charge in [-0.25, -0.2) is 4.79 Å². The van der Waals surface area contributed by atoms with Gasteiger partial charge in [0.15, 0.2) is 11.2 Å². The zero-order chi connectivity index (χ0) is 19.3. The fourth-order valence-electron chi connectivity index (χ4n) is 3.48. The number of benzene rings is 1. The third-order valence-corrected chi connectivity index (χ3v) is 4.82. The molecule has 27 heavy (non-hydrogen) atoms. The van der Waals surface area contributed by atoms with E-state index >= 15 is 0 Å². The highest BCUT2D eigenvalue weighted by Crippen LogP contribution is 2.32. The van der Waals surface area contributed by atoms with E-state index in [1.54, 1.807) is 11.6 Å². The number of aryl methyl sites for hydroxylation is 1. The van der Waals surface area contributed by atoms with Gasteiger partial charge in [0.1, 0.15) is 5.75 Å². The molecule has 4 rings (SSSR count). The van der Waals surface area contributed by atoms with Gasteiger partial charge < -0.3 is 19.3 Å². The quantitative estimate of drug-likeness (QED) is 0.714. The van der Waals surface area contributed by atoms with Gasteiger partial charge in [0.05, 0.1) is 25.8 Å². The van der Waals surface area contributed by atoms with Crippen molar-refractivity contribution in [3.63, 3.8) is 0 Å². The molecule has 1 atom stereocenters. The van der Waals surface area contributed by atoms with Crippen molar-refractivity contribution in [1.82, 2.24) is 18.7 Å². The third-order valence-electron chi connectivity index (χ3n) is 4.82. The molecule has 3 heterocycles. The second-order valence-corrected chi connectivity index (χ2v) is 6.59. The Morgan fingerprint density at radius 2 is 1.85 bits per heavy atom. The maximum atomic E-state index is 12.7. The topological polar surface area (TPSA) is 94.5 Å². The molecule has 1 unspecified atom stereocenters. The number of aliphatic hydroxyl groups is 1. The lowest BCUT2D eigenvalue weighted by Gasteiger charge is -2.32. The lowest BCUT2D eigenvalue weighted by atomic mass is 10.2. The Labute approximate surface area is 154 Å². The summed E-state index contributed by atoms with van der Waals surface area (Å²) in [6.07, 6.45) is -0.677. The molecule has 142 valence electrons. The molecule has 9 heteroatoms. The molecule has 0 amide bonds. The highest BCUT2D eigenvalue weighted by atomic mass is 16.5. The molecule has 0 radical (unpaired) electrons. The van der Waals surface area contributed by atoms with Crippen LogP contribution in [0.1, 0.15) is 6.92 Å². The molecule has 3 aromatic rings. The summed E-state index contributed by atoms with van der Waals surface area (Å²) in [5.41, 5.74) is 0.576. The van der Waals surface area contributed by atoms with E-state index in [1.807, 2.05) is 36.1 Å². The summed E-state index contributed by atoms with van der Waals surface area (Å²) in [7, 11) is 3.02. The molecule has 0 aliphatic carbocycles. The van der Waals surface area contributed by atoms with E-state index in [0.717, 1.165) is 16.0 Å². The number of anilines is 2. The van der Waals surface area contributed by atoms with E-state index in [2.05, 4.69) is 4.98 Å². The summed E-state index contributed by atoms with van der Waals surface area (Å²) >= 11 is 0. The summed E-state index contributed by atoms with van der Waals surface area (Å²) < 4.78 is 9.56. The van der Waals surface area contributed by atoms with Crippen molar-refractivity contribution in [3.05, 3.63) is 45.1 Å². The zero-order valence-corrected chi connectivity index (χ0v) is 15.4. The van der Waals surface area contributed by atoms with Crippen LogP contribution in [0.4, 0.5) is 11.6 Å². The van der Waals surface area contributed by atoms with Gasteiger partial charge in [-0.1, -0.05) is 0 Å². The van der Waals surface area contributed by atoms with Crippen molar-refractivity contribution >= 4 is 22.8 Å². The Morgan fingerprint density at radius 1 is 1.15 bits per heavy atom. The molecule has 0 fully saturated rings. The highest BCUT2D eigenvalue weighted by Gasteiger charge is 2.30. The summed E-state index contributed by atoms with van der Waals surface area (Å²) in [6, 6.07) is 7.46. The maximum Gasteiger partial charge on any atom is 0.332 e. The first-order chi connectivity index (χ1) is 12.9. The van der Waals surface area contributed by atoms with E-state index in [9.17, 15) is 14.7 Å². The van der Waals surface area contributed by atoms with Gasteiger partial charge in [-0.15, -0.1) is 0 Å². The average molecular weight is 371 g/mol. The number of aliphatic hydroxyl groups excluding tert-OH is 1. The summed E-state index contributed by atoms with van der Waals surface area (Å²) in [6.45, 7) is 3.08. The van der Waals surface area contributed by atoms with Crippen molar-refractivity contribution < 1.29 is 9.84 Å². The lowest BCUT2D eigenvalue weighted by Crippen LogP contribution is -2.40. The summed E-state index contributed by atoms with van der Waals surface area (Å²) in [4.78, 5) is 31.3. The Morgan fingerprint density at radius 3 is 2.52 bits per heavy atom. The van der Waals surface area contributed by atoms with E-state index < -0.39 is 17.4 Å². The molecule has 0 bridgehead atoms. The minimum Gasteiger partial charge on any atom is -0.494 e. The smallest absolute Gasteiger partial charge is 0.332 e. The van der Waals surface area contributed by atoms with Crippen LogP contribution in [0.3, 0.4) is 0 Å². The molecular weight excluding hydrogens is 350 g/mol. The fraction of sp³-hybridized carbons (Fsp3) is 0.389. The van der Waals surface area contributed by atoms with Gasteiger partial charge >= 0.3 is 5.69 Å². The van der Waals surface area contributed by atoms with Gasteiger partial charge in [-0.3, -0.25) is 13.9 Å². The second kappa shape index (κ2) is 6.27. The van der Waals surface area contributed by atoms with Gasteiger partial charge in [0.2, 0.25) is 5.95 Å². The number of hydrogen-bond donors (Lipinski definition) is 1. The van der Waals surface area contributed by atoms with Crippen LogP contribution in [-0.2, 0) is 20.6 Å². The van der Waals surface area contributed by atoms with Crippen LogP contribution in [0.25, 0.3) is 11.2 Å². The van der Waals surface area contributed by atoms with Crippen LogP contribution in [-0.4, -0.2) is 43.0 Å². The van der Waals surface area contributed by atoms with Crippen LogP contribution >= 0.6 is 0 Å². The number of nitrogens with zero attached hydrogens (tertiary/aromatic N) is 5. The minimum absolute atomic E-state index is 0.243. The molecule has 9 nitrogen and oxygen atoms in total. The van der Waals surface area contributed by atoms with Crippen LogP contribution in [0.5, 0.6) is 5.75 Å². The number of aromatic nitrogens is 4. The Hall–Kier alpha value is -3.07. The van der Waals surface area contributed by atoms with Gasteiger partial charge in [0, 0.05) is 19.8 Å². The molecule has 2 aromatic heterocycles. The third kappa shape index (κ3) is 2.62. The number of fused-ring (bicyclic) bond motifs is 3. The summed E-state index contributed by atoms with van der Waals surface area (Å²) in [5.74, 6) is 1.28. The largest absolute Gasteiger partial charge is 0.494 e. The number of β-amino-alcohol motifs (C(OH)–C–C–N with tert-alkyl or cyclic N) is 1. The predicted octanol–water partition coefficient (Wildman–Crippen LogP) is 0.345. The standard InChI is InChI=1S/C18H21N5O4/c1-4-27-13-7-5-11(6-8-13)22-9-12(24)10-23-14-15(19-17(22)23)20(2)18(26)21(3)16(14)25/h5-8,12,24H,4,9-10H2,1-3H3. The van der Waals surface area contributed by atoms with E-state index in [4.69, 9.17) is 4.74 Å². The molecule has 1 aromatic carbocycles. The second-order valence-electron chi connectivity index (χ2n) is 6.59. The first kappa shape index (κ1) is 17.3. The number of hydrogen-bond acceptors (Lipinski definition) is 6. The normalized spacial score (nSPS) is 16.6. The molecule has 0 saturated carbocycles. The van der Waals surface area contributed by atoms with Crippen molar-refractivity contribution in [2.24, 2.45) is 14.1 Å². The Balaban J connectivity index is 1.92. The number of rotatable bonds is 3. The first-order valence-corrected chi connectivity index (χ1v) is 8.77. The van der Waals surface area contributed by atoms with E-state index in [0.29, 0.717) is 30.3 Å². The molecule has 1 aliphatic rings. The van der Waals surface area contributed by atoms with Gasteiger partial charge in [0.25, 0.3) is 5.56 Å².